The minimum atomic E-state index is -1.03. The molecule has 0 radical (unpaired) electrons. The number of aromatic nitrogens is 2. The molecule has 0 saturated carbocycles. The van der Waals surface area contributed by atoms with Gasteiger partial charge in [-0.05, 0) is 101 Å². The van der Waals surface area contributed by atoms with Crippen molar-refractivity contribution in [2.24, 2.45) is 7.05 Å². The first-order valence-corrected chi connectivity index (χ1v) is 16.6. The van der Waals surface area contributed by atoms with Gasteiger partial charge < -0.3 is 25.4 Å². The number of phenolic OH excluding ortho intramolecular Hbond substituents is 1. The number of rotatable bonds is 7. The van der Waals surface area contributed by atoms with Crippen molar-refractivity contribution in [3.63, 3.8) is 0 Å². The molecule has 3 amide bonds. The summed E-state index contributed by atoms with van der Waals surface area (Å²) in [4.78, 5) is 41.9. The van der Waals surface area contributed by atoms with Crippen LogP contribution in [0, 0.1) is 24.6 Å². The number of hydrogen-bond acceptors (Lipinski definition) is 6. The summed E-state index contributed by atoms with van der Waals surface area (Å²) in [7, 11) is 1.79. The summed E-state index contributed by atoms with van der Waals surface area (Å²) in [5.41, 5.74) is 3.95. The van der Waals surface area contributed by atoms with E-state index in [0.29, 0.717) is 53.0 Å². The Kier molecular flexibility index (Phi) is 10.9. The molecule has 0 aliphatic carbocycles. The fourth-order valence-electron chi connectivity index (χ4n) is 5.79. The lowest BCUT2D eigenvalue weighted by Gasteiger charge is -2.37. The molecule has 2 heterocycles. The summed E-state index contributed by atoms with van der Waals surface area (Å²) < 4.78 is 20.7. The molecule has 3 N–H and O–H groups in total. The van der Waals surface area contributed by atoms with Crippen LogP contribution in [0.15, 0.2) is 72.9 Å². The van der Waals surface area contributed by atoms with Crippen LogP contribution in [0.25, 0.3) is 11.3 Å². The van der Waals surface area contributed by atoms with Gasteiger partial charge in [0.25, 0.3) is 0 Å². The molecule has 10 nitrogen and oxygen atoms in total. The Labute approximate surface area is 291 Å². The first kappa shape index (κ1) is 35.7. The van der Waals surface area contributed by atoms with Gasteiger partial charge in [0.05, 0.1) is 5.56 Å². The zero-order chi connectivity index (χ0) is 36.0. The van der Waals surface area contributed by atoms with E-state index in [2.05, 4.69) is 27.6 Å². The third-order valence-corrected chi connectivity index (χ3v) is 8.16. The van der Waals surface area contributed by atoms with Gasteiger partial charge >= 0.3 is 6.09 Å². The third kappa shape index (κ3) is 9.29. The molecule has 1 saturated heterocycles. The predicted molar refractivity (Wildman–Crippen MR) is 189 cm³/mol. The van der Waals surface area contributed by atoms with E-state index < -0.39 is 35.5 Å². The molecule has 50 heavy (non-hydrogen) atoms. The Hall–Kier alpha value is -5.63. The average Bonchev–Trinajstić information content (AvgIpc) is 3.44. The number of amides is 3. The van der Waals surface area contributed by atoms with E-state index in [1.165, 1.54) is 17.0 Å². The summed E-state index contributed by atoms with van der Waals surface area (Å²) in [5, 5.41) is 20.6. The topological polar surface area (TPSA) is 126 Å². The standard InChI is InChI=1S/C39H42FN5O5/c1-25-9-20-34(46)31(22-25)35-28(24-44(5)43-35)15-10-26-13-18-30(19-14-26)41-36(47)33-8-6-7-21-45(33)37(48)32(42-38(49)50-39(2,3)4)23-27-11-16-29(40)17-12-27/h9,11-14,16-20,22,24,32-33,46H,6-8,21,23H2,1-5H3,(H,41,47)(H,42,49)/t32-,33?/m0/s1. The van der Waals surface area contributed by atoms with Crippen molar-refractivity contribution >= 4 is 23.6 Å². The number of nitrogens with one attached hydrogen (secondary N) is 2. The molecule has 11 heteroatoms. The summed E-state index contributed by atoms with van der Waals surface area (Å²) >= 11 is 0. The van der Waals surface area contributed by atoms with Crippen LogP contribution in [0.3, 0.4) is 0 Å². The van der Waals surface area contributed by atoms with Crippen LogP contribution in [0.5, 0.6) is 5.75 Å². The Morgan fingerprint density at radius 3 is 2.46 bits per heavy atom. The highest BCUT2D eigenvalue weighted by atomic mass is 19.1. The van der Waals surface area contributed by atoms with Gasteiger partial charge in [-0.2, -0.15) is 5.10 Å². The van der Waals surface area contributed by atoms with Gasteiger partial charge in [-0.15, -0.1) is 0 Å². The molecule has 1 unspecified atom stereocenters. The maximum Gasteiger partial charge on any atom is 0.408 e. The van der Waals surface area contributed by atoms with Crippen LogP contribution in [-0.4, -0.2) is 61.9 Å². The van der Waals surface area contributed by atoms with E-state index in [4.69, 9.17) is 4.74 Å². The average molecular weight is 680 g/mol. The zero-order valence-corrected chi connectivity index (χ0v) is 28.9. The number of carbonyl (C=O) groups is 3. The largest absolute Gasteiger partial charge is 0.507 e. The molecule has 4 aromatic rings. The van der Waals surface area contributed by atoms with Crippen molar-refractivity contribution in [2.45, 2.75) is 71.1 Å². The lowest BCUT2D eigenvalue weighted by Crippen LogP contribution is -2.57. The van der Waals surface area contributed by atoms with Gasteiger partial charge in [0.1, 0.15) is 34.9 Å². The van der Waals surface area contributed by atoms with E-state index in [1.54, 1.807) is 81.2 Å². The minimum absolute atomic E-state index is 0.0956. The molecule has 0 spiro atoms. The van der Waals surface area contributed by atoms with Crippen molar-refractivity contribution in [1.82, 2.24) is 20.0 Å². The first-order valence-electron chi connectivity index (χ1n) is 16.6. The van der Waals surface area contributed by atoms with Gasteiger partial charge in [-0.3, -0.25) is 14.3 Å². The van der Waals surface area contributed by atoms with Crippen molar-refractivity contribution in [1.29, 1.82) is 0 Å². The number of phenols is 1. The summed E-state index contributed by atoms with van der Waals surface area (Å²) in [6, 6.07) is 16.3. The van der Waals surface area contributed by atoms with Crippen LogP contribution in [0.1, 0.15) is 62.3 Å². The molecule has 2 atom stereocenters. The van der Waals surface area contributed by atoms with Crippen molar-refractivity contribution < 1.29 is 28.6 Å². The molecular weight excluding hydrogens is 637 g/mol. The van der Waals surface area contributed by atoms with Gasteiger partial charge in [0, 0.05) is 43.0 Å². The van der Waals surface area contributed by atoms with Gasteiger partial charge in [0.2, 0.25) is 11.8 Å². The first-order chi connectivity index (χ1) is 23.8. The van der Waals surface area contributed by atoms with E-state index in [-0.39, 0.29) is 18.1 Å². The van der Waals surface area contributed by atoms with Gasteiger partial charge in [-0.25, -0.2) is 9.18 Å². The zero-order valence-electron chi connectivity index (χ0n) is 28.9. The number of aryl methyl sites for hydroxylation is 2. The van der Waals surface area contributed by atoms with E-state index in [0.717, 1.165) is 12.0 Å². The third-order valence-electron chi connectivity index (χ3n) is 8.16. The molecule has 0 bridgehead atoms. The number of benzene rings is 3. The predicted octanol–water partition coefficient (Wildman–Crippen LogP) is 6.10. The number of piperidine rings is 1. The fourth-order valence-corrected chi connectivity index (χ4v) is 5.79. The number of likely N-dealkylation sites (tertiary alicyclic amines) is 1. The smallest absolute Gasteiger partial charge is 0.408 e. The highest BCUT2D eigenvalue weighted by molar-refractivity contribution is 5.98. The van der Waals surface area contributed by atoms with Gasteiger partial charge in [0.15, 0.2) is 0 Å². The minimum Gasteiger partial charge on any atom is -0.507 e. The van der Waals surface area contributed by atoms with E-state index in [1.807, 2.05) is 19.1 Å². The number of nitrogens with zero attached hydrogens (tertiary/aromatic N) is 3. The van der Waals surface area contributed by atoms with E-state index >= 15 is 0 Å². The lowest BCUT2D eigenvalue weighted by atomic mass is 9.98. The van der Waals surface area contributed by atoms with E-state index in [9.17, 15) is 23.9 Å². The highest BCUT2D eigenvalue weighted by Gasteiger charge is 2.37. The summed E-state index contributed by atoms with van der Waals surface area (Å²) in [5.74, 6) is 5.24. The van der Waals surface area contributed by atoms with Crippen LogP contribution in [0.2, 0.25) is 0 Å². The Balaban J connectivity index is 1.29. The normalized spacial score (nSPS) is 15.0. The number of anilines is 1. The molecule has 1 aromatic heterocycles. The van der Waals surface area contributed by atoms with Crippen LogP contribution in [-0.2, 0) is 27.8 Å². The second kappa shape index (κ2) is 15.3. The molecule has 3 aromatic carbocycles. The molecule has 5 rings (SSSR count). The van der Waals surface area contributed by atoms with Crippen molar-refractivity contribution in [2.75, 3.05) is 11.9 Å². The fraction of sp³-hybridized carbons (Fsp3) is 0.333. The second-order valence-electron chi connectivity index (χ2n) is 13.5. The van der Waals surface area contributed by atoms with Crippen molar-refractivity contribution in [3.8, 4) is 28.8 Å². The molecule has 1 aliphatic heterocycles. The number of ether oxygens (including phenoxy) is 1. The number of carbonyl (C=O) groups excluding carboxylic acids is 3. The van der Waals surface area contributed by atoms with Crippen molar-refractivity contribution in [3.05, 3.63) is 101 Å². The maximum absolute atomic E-state index is 14.0. The molecule has 1 fully saturated rings. The van der Waals surface area contributed by atoms with Crippen LogP contribution in [0.4, 0.5) is 14.9 Å². The Morgan fingerprint density at radius 1 is 1.04 bits per heavy atom. The molecule has 260 valence electrons. The molecule has 1 aliphatic rings. The van der Waals surface area contributed by atoms with Crippen LogP contribution < -0.4 is 10.6 Å². The van der Waals surface area contributed by atoms with Crippen LogP contribution >= 0.6 is 0 Å². The lowest BCUT2D eigenvalue weighted by molar-refractivity contribution is -0.142. The van der Waals surface area contributed by atoms with Gasteiger partial charge in [-0.1, -0.05) is 35.6 Å². The second-order valence-corrected chi connectivity index (χ2v) is 13.5. The SMILES string of the molecule is Cc1ccc(O)c(-c2nn(C)cc2C#Cc2ccc(NC(=O)C3CCCCN3C(=O)[C@H](Cc3ccc(F)cc3)NC(=O)OC(C)(C)C)cc2)c1. The number of hydrogen-bond donors (Lipinski definition) is 3. The number of alkyl carbamates (subject to hydrolysis) is 1. The Morgan fingerprint density at radius 2 is 1.76 bits per heavy atom. The quantitative estimate of drug-likeness (QED) is 0.203. The maximum atomic E-state index is 14.0. The Bertz CT molecular complexity index is 1920. The number of aromatic hydroxyl groups is 1. The summed E-state index contributed by atoms with van der Waals surface area (Å²) in [6.45, 7) is 7.46. The number of halogens is 1. The highest BCUT2D eigenvalue weighted by Crippen LogP contribution is 2.31. The molecular formula is C39H42FN5O5. The summed E-state index contributed by atoms with van der Waals surface area (Å²) in [6.07, 6.45) is 3.06. The monoisotopic (exact) mass is 679 g/mol.